The van der Waals surface area contributed by atoms with Gasteiger partial charge in [0, 0.05) is 5.33 Å². The summed E-state index contributed by atoms with van der Waals surface area (Å²) in [5.74, 6) is 0. The molecule has 0 aromatic heterocycles. The minimum absolute atomic E-state index is 1.06. The van der Waals surface area contributed by atoms with E-state index in [-0.39, 0.29) is 0 Å². The van der Waals surface area contributed by atoms with Crippen LogP contribution in [0.5, 0.6) is 0 Å². The molecule has 0 spiro atoms. The van der Waals surface area contributed by atoms with Crippen molar-refractivity contribution in [2.45, 2.75) is 141 Å². The van der Waals surface area contributed by atoms with Crippen molar-refractivity contribution in [1.82, 2.24) is 0 Å². The molecule has 27 heavy (non-hydrogen) atoms. The number of alkyl halides is 1. The van der Waals surface area contributed by atoms with Gasteiger partial charge in [-0.2, -0.15) is 0 Å². The summed E-state index contributed by atoms with van der Waals surface area (Å²) in [4.78, 5) is 0. The van der Waals surface area contributed by atoms with Crippen LogP contribution in [0.1, 0.15) is 128 Å². The Morgan fingerprint density at radius 2 is 0.667 bits per heavy atom. The Labute approximate surface area is 190 Å². The zero-order valence-electron chi connectivity index (χ0n) is 18.2. The van der Waals surface area contributed by atoms with Crippen molar-refractivity contribution in [2.24, 2.45) is 0 Å². The number of unbranched alkanes of at least 4 members (excludes halogenated alkanes) is 19. The number of rotatable bonds is 22. The second kappa shape index (κ2) is 22.0. The lowest BCUT2D eigenvalue weighted by Crippen LogP contribution is -2.11. The molecule has 0 nitrogen and oxygen atoms in total. The first-order chi connectivity index (χ1) is 13.1. The van der Waals surface area contributed by atoms with E-state index < -0.39 is 6.69 Å². The average Bonchev–Trinajstić information content (AvgIpc) is 2.62. The van der Waals surface area contributed by atoms with E-state index in [9.17, 15) is 0 Å². The predicted molar refractivity (Wildman–Crippen MR) is 134 cm³/mol. The fourth-order valence-electron chi connectivity index (χ4n) is 3.71. The molecule has 0 aliphatic heterocycles. The summed E-state index contributed by atoms with van der Waals surface area (Å²) in [5.41, 5.74) is 0. The fourth-order valence-corrected chi connectivity index (χ4v) is 5.78. The number of hydrogen-bond acceptors (Lipinski definition) is 0. The van der Waals surface area contributed by atoms with Crippen molar-refractivity contribution < 1.29 is 0 Å². The Hall–Kier alpha value is 1.28. The van der Waals surface area contributed by atoms with Crippen molar-refractivity contribution in [2.75, 3.05) is 5.33 Å². The van der Waals surface area contributed by atoms with Crippen LogP contribution in [-0.2, 0) is 0 Å². The van der Waals surface area contributed by atoms with Crippen LogP contribution in [0.15, 0.2) is 0 Å². The third-order valence-corrected chi connectivity index (χ3v) is 8.43. The first kappa shape index (κ1) is 28.3. The summed E-state index contributed by atoms with van der Waals surface area (Å²) < 4.78 is 0. The van der Waals surface area contributed by atoms with Crippen LogP contribution in [0, 0.1) is 0 Å². The molecular formula is C23H47BrCl2Si. The van der Waals surface area contributed by atoms with Crippen LogP contribution in [0.3, 0.4) is 0 Å². The maximum Gasteiger partial charge on any atom is 0.248 e. The van der Waals surface area contributed by atoms with E-state index in [2.05, 4.69) is 15.9 Å². The van der Waals surface area contributed by atoms with E-state index >= 15 is 0 Å². The second-order valence-corrected chi connectivity index (χ2v) is 17.6. The molecular weight excluding hydrogens is 455 g/mol. The average molecular weight is 503 g/mol. The van der Waals surface area contributed by atoms with E-state index in [0.29, 0.717) is 0 Å². The number of hydrogen-bond donors (Lipinski definition) is 0. The molecule has 0 N–H and O–H groups in total. The van der Waals surface area contributed by atoms with Gasteiger partial charge in [-0.1, -0.05) is 138 Å². The normalized spacial score (nSPS) is 12.0. The van der Waals surface area contributed by atoms with Gasteiger partial charge in [0.15, 0.2) is 0 Å². The lowest BCUT2D eigenvalue weighted by atomic mass is 10.0. The summed E-state index contributed by atoms with van der Waals surface area (Å²) in [7, 11) is 0. The molecule has 0 atom stereocenters. The van der Waals surface area contributed by atoms with Crippen LogP contribution in [0.2, 0.25) is 12.6 Å². The Morgan fingerprint density at radius 3 is 0.889 bits per heavy atom. The van der Waals surface area contributed by atoms with Crippen molar-refractivity contribution in [1.29, 1.82) is 0 Å². The minimum atomic E-state index is -1.83. The smallest absolute Gasteiger partial charge is 0.146 e. The van der Waals surface area contributed by atoms with Crippen LogP contribution in [-0.4, -0.2) is 12.0 Å². The van der Waals surface area contributed by atoms with Gasteiger partial charge in [0.1, 0.15) is 0 Å². The molecule has 0 amide bonds. The van der Waals surface area contributed by atoms with Crippen LogP contribution < -0.4 is 0 Å². The summed E-state index contributed by atoms with van der Waals surface area (Å²) in [5, 5.41) is 1.18. The largest absolute Gasteiger partial charge is 0.248 e. The lowest BCUT2D eigenvalue weighted by molar-refractivity contribution is 0.523. The minimum Gasteiger partial charge on any atom is -0.146 e. The molecule has 0 radical (unpaired) electrons. The molecule has 0 aromatic rings. The predicted octanol–water partition coefficient (Wildman–Crippen LogP) is 10.7. The Kier molecular flexibility index (Phi) is 23.0. The van der Waals surface area contributed by atoms with E-state index in [1.54, 1.807) is 0 Å². The van der Waals surface area contributed by atoms with Gasteiger partial charge in [-0.05, 0) is 19.0 Å². The molecule has 164 valence electrons. The molecule has 0 fully saturated rings. The van der Waals surface area contributed by atoms with E-state index in [4.69, 9.17) is 22.2 Å². The fraction of sp³-hybridized carbons (Fsp3) is 1.00. The topological polar surface area (TPSA) is 0 Å². The van der Waals surface area contributed by atoms with Gasteiger partial charge in [-0.25, -0.2) is 0 Å². The lowest BCUT2D eigenvalue weighted by Gasteiger charge is -2.09. The molecule has 0 aromatic carbocycles. The highest BCUT2D eigenvalue weighted by molar-refractivity contribution is 9.09. The van der Waals surface area contributed by atoms with Gasteiger partial charge in [0.05, 0.1) is 0 Å². The molecule has 4 heteroatoms. The molecule has 0 bridgehead atoms. The molecule has 0 saturated heterocycles. The SMILES string of the molecule is C[Si](Cl)(Cl)CCCCCCCCCCCCCCCCCCCCCCBr. The molecule has 0 rings (SSSR count). The van der Waals surface area contributed by atoms with E-state index in [1.807, 2.05) is 6.55 Å². The second-order valence-electron chi connectivity index (χ2n) is 8.58. The summed E-state index contributed by atoms with van der Waals surface area (Å²) >= 11 is 15.8. The van der Waals surface area contributed by atoms with E-state index in [1.165, 1.54) is 134 Å². The van der Waals surface area contributed by atoms with Gasteiger partial charge >= 0.3 is 0 Å². The molecule has 0 aliphatic rings. The van der Waals surface area contributed by atoms with Crippen molar-refractivity contribution in [3.05, 3.63) is 0 Å². The molecule has 0 aliphatic carbocycles. The highest BCUT2D eigenvalue weighted by Gasteiger charge is 2.19. The van der Waals surface area contributed by atoms with Crippen LogP contribution in [0.25, 0.3) is 0 Å². The monoisotopic (exact) mass is 500 g/mol. The maximum absolute atomic E-state index is 6.13. The number of halogens is 3. The van der Waals surface area contributed by atoms with Crippen LogP contribution >= 0.6 is 38.1 Å². The van der Waals surface area contributed by atoms with E-state index in [0.717, 1.165) is 6.04 Å². The zero-order chi connectivity index (χ0) is 20.1. The third kappa shape index (κ3) is 27.3. The molecule has 0 unspecified atom stereocenters. The maximum atomic E-state index is 6.13. The van der Waals surface area contributed by atoms with Crippen LogP contribution in [0.4, 0.5) is 0 Å². The standard InChI is InChI=1S/C23H47BrCl2Si/c1-27(25,26)23-21-19-17-15-13-11-9-7-5-3-2-4-6-8-10-12-14-16-18-20-22-24/h2-23H2,1H3. The first-order valence-corrected chi connectivity index (χ1v) is 17.9. The highest BCUT2D eigenvalue weighted by atomic mass is 79.9. The Morgan fingerprint density at radius 1 is 0.444 bits per heavy atom. The Balaban J connectivity index is 3.01. The Bertz CT molecular complexity index is 282. The quantitative estimate of drug-likeness (QED) is 0.0598. The van der Waals surface area contributed by atoms with Crippen molar-refractivity contribution in [3.63, 3.8) is 0 Å². The summed E-state index contributed by atoms with van der Waals surface area (Å²) in [6, 6.07) is 1.06. The van der Waals surface area contributed by atoms with Gasteiger partial charge in [-0.15, -0.1) is 22.2 Å². The highest BCUT2D eigenvalue weighted by Crippen LogP contribution is 2.23. The summed E-state index contributed by atoms with van der Waals surface area (Å²) in [6.45, 7) is 0.204. The zero-order valence-corrected chi connectivity index (χ0v) is 22.3. The van der Waals surface area contributed by atoms with Gasteiger partial charge in [0.25, 0.3) is 0 Å². The summed E-state index contributed by atoms with van der Waals surface area (Å²) in [6.07, 6.45) is 28.5. The van der Waals surface area contributed by atoms with Gasteiger partial charge in [0.2, 0.25) is 6.69 Å². The first-order valence-electron chi connectivity index (χ1n) is 12.0. The van der Waals surface area contributed by atoms with Crippen molar-refractivity contribution in [3.8, 4) is 0 Å². The third-order valence-electron chi connectivity index (χ3n) is 5.50. The van der Waals surface area contributed by atoms with Gasteiger partial charge < -0.3 is 0 Å². The van der Waals surface area contributed by atoms with Crippen molar-refractivity contribution >= 4 is 44.8 Å². The molecule has 0 saturated carbocycles. The molecule has 0 heterocycles. The van der Waals surface area contributed by atoms with Gasteiger partial charge in [-0.3, -0.25) is 0 Å².